The van der Waals surface area contributed by atoms with Gasteiger partial charge in [-0.05, 0) is 44.0 Å². The minimum absolute atomic E-state index is 0.103. The average molecular weight is 363 g/mol. The van der Waals surface area contributed by atoms with E-state index in [0.29, 0.717) is 26.3 Å². The second-order valence-corrected chi connectivity index (χ2v) is 8.02. The molecule has 1 saturated heterocycles. The number of benzene rings is 1. The second kappa shape index (κ2) is 7.47. The second-order valence-electron chi connectivity index (χ2n) is 6.08. The van der Waals surface area contributed by atoms with E-state index in [-0.39, 0.29) is 10.5 Å². The Morgan fingerprint density at radius 3 is 2.68 bits per heavy atom. The highest BCUT2D eigenvalue weighted by Crippen LogP contribution is 2.18. The molecule has 1 fully saturated rings. The van der Waals surface area contributed by atoms with Crippen LogP contribution in [0.3, 0.4) is 0 Å². The van der Waals surface area contributed by atoms with Crippen molar-refractivity contribution in [3.63, 3.8) is 0 Å². The summed E-state index contributed by atoms with van der Waals surface area (Å²) in [6.07, 6.45) is 3.69. The predicted octanol–water partition coefficient (Wildman–Crippen LogP) is 1.53. The predicted molar refractivity (Wildman–Crippen MR) is 93.9 cm³/mol. The van der Waals surface area contributed by atoms with E-state index in [1.54, 1.807) is 12.1 Å². The Kier molecular flexibility index (Phi) is 5.31. The summed E-state index contributed by atoms with van der Waals surface area (Å²) in [5.74, 6) is -0.426. The summed E-state index contributed by atoms with van der Waals surface area (Å²) in [5.41, 5.74) is 4.81. The molecule has 1 N–H and O–H groups in total. The van der Waals surface area contributed by atoms with Crippen molar-refractivity contribution in [2.24, 2.45) is 5.10 Å². The Morgan fingerprint density at radius 2 is 2.00 bits per heavy atom. The number of rotatable bonds is 4. The maximum Gasteiger partial charge on any atom is 0.271 e. The Morgan fingerprint density at radius 1 is 1.24 bits per heavy atom. The quantitative estimate of drug-likeness (QED) is 0.822. The summed E-state index contributed by atoms with van der Waals surface area (Å²) in [6.45, 7) is 3.41. The minimum Gasteiger partial charge on any atom is -0.379 e. The van der Waals surface area contributed by atoms with Gasteiger partial charge in [0.25, 0.3) is 5.91 Å². The van der Waals surface area contributed by atoms with E-state index in [0.717, 1.165) is 18.6 Å². The van der Waals surface area contributed by atoms with Crippen molar-refractivity contribution in [2.45, 2.75) is 24.7 Å². The number of carbonyl (C=O) groups excluding carboxylic acids is 1. The fourth-order valence-electron chi connectivity index (χ4n) is 2.76. The molecule has 0 radical (unpaired) electrons. The molecule has 1 aromatic carbocycles. The number of allylic oxidation sites excluding steroid dienone is 2. The number of carbonyl (C=O) groups is 1. The fourth-order valence-corrected chi connectivity index (χ4v) is 4.22. The third kappa shape index (κ3) is 4.15. The van der Waals surface area contributed by atoms with Crippen molar-refractivity contribution in [1.82, 2.24) is 9.73 Å². The number of hydrazone groups is 1. The number of ether oxygens (including phenoxy) is 1. The number of amides is 1. The highest BCUT2D eigenvalue weighted by Gasteiger charge is 2.26. The van der Waals surface area contributed by atoms with Gasteiger partial charge in [0.15, 0.2) is 0 Å². The lowest BCUT2D eigenvalue weighted by Gasteiger charge is -2.26. The third-order valence-electron chi connectivity index (χ3n) is 4.19. The van der Waals surface area contributed by atoms with Gasteiger partial charge in [0.05, 0.1) is 23.8 Å². The summed E-state index contributed by atoms with van der Waals surface area (Å²) >= 11 is 0. The molecule has 0 unspecified atom stereocenters. The van der Waals surface area contributed by atoms with Crippen LogP contribution in [0.5, 0.6) is 0 Å². The molecular formula is C17H21N3O4S. The lowest BCUT2D eigenvalue weighted by Crippen LogP contribution is -2.40. The van der Waals surface area contributed by atoms with Gasteiger partial charge in [0.1, 0.15) is 0 Å². The standard InChI is InChI=1S/C17H21N3O4S/c1-13-5-6-15(11-13)18-19-17(21)14-3-2-4-16(12-14)25(22,23)20-7-9-24-10-8-20/h2-4,11-12H,5-10H2,1H3,(H,19,21)/b18-15+. The number of hydrogen-bond donors (Lipinski definition) is 1. The van der Waals surface area contributed by atoms with Crippen LogP contribution in [0.4, 0.5) is 0 Å². The molecule has 25 heavy (non-hydrogen) atoms. The summed E-state index contributed by atoms with van der Waals surface area (Å²) in [4.78, 5) is 12.4. The zero-order valence-corrected chi connectivity index (χ0v) is 14.9. The highest BCUT2D eigenvalue weighted by molar-refractivity contribution is 7.89. The van der Waals surface area contributed by atoms with Crippen molar-refractivity contribution >= 4 is 21.6 Å². The summed E-state index contributed by atoms with van der Waals surface area (Å²) in [5, 5.41) is 4.10. The Labute approximate surface area is 147 Å². The molecule has 2 aliphatic rings. The number of nitrogens with zero attached hydrogens (tertiary/aromatic N) is 2. The Hall–Kier alpha value is -2.03. The van der Waals surface area contributed by atoms with Crippen molar-refractivity contribution in [3.8, 4) is 0 Å². The largest absolute Gasteiger partial charge is 0.379 e. The molecule has 134 valence electrons. The maximum atomic E-state index is 12.7. The van der Waals surface area contributed by atoms with Crippen LogP contribution in [0.1, 0.15) is 30.1 Å². The average Bonchev–Trinajstić information content (AvgIpc) is 3.06. The lowest BCUT2D eigenvalue weighted by molar-refractivity contribution is 0.0730. The molecule has 1 aliphatic heterocycles. The zero-order valence-electron chi connectivity index (χ0n) is 14.1. The van der Waals surface area contributed by atoms with Gasteiger partial charge in [-0.2, -0.15) is 9.41 Å². The molecule has 1 heterocycles. The molecule has 3 rings (SSSR count). The number of hydrogen-bond acceptors (Lipinski definition) is 5. The van der Waals surface area contributed by atoms with Crippen LogP contribution < -0.4 is 5.43 Å². The molecule has 8 heteroatoms. The third-order valence-corrected chi connectivity index (χ3v) is 6.09. The monoisotopic (exact) mass is 363 g/mol. The van der Waals surface area contributed by atoms with Gasteiger partial charge in [0.2, 0.25) is 10.0 Å². The summed E-state index contributed by atoms with van der Waals surface area (Å²) < 4.78 is 31.9. The van der Waals surface area contributed by atoms with Crippen molar-refractivity contribution in [2.75, 3.05) is 26.3 Å². The van der Waals surface area contributed by atoms with E-state index < -0.39 is 15.9 Å². The molecule has 1 amide bonds. The molecule has 1 aromatic rings. The van der Waals surface area contributed by atoms with Gasteiger partial charge < -0.3 is 4.74 Å². The van der Waals surface area contributed by atoms with Crippen molar-refractivity contribution in [1.29, 1.82) is 0 Å². The minimum atomic E-state index is -3.63. The van der Waals surface area contributed by atoms with Gasteiger partial charge in [-0.15, -0.1) is 0 Å². The van der Waals surface area contributed by atoms with E-state index in [1.807, 2.05) is 13.0 Å². The van der Waals surface area contributed by atoms with Crippen LogP contribution in [0, 0.1) is 0 Å². The van der Waals surface area contributed by atoms with Crippen LogP contribution in [0.15, 0.2) is 45.9 Å². The first kappa shape index (κ1) is 17.8. The van der Waals surface area contributed by atoms with Gasteiger partial charge in [-0.1, -0.05) is 11.6 Å². The zero-order chi connectivity index (χ0) is 17.9. The van der Waals surface area contributed by atoms with Crippen LogP contribution in [0.2, 0.25) is 0 Å². The van der Waals surface area contributed by atoms with Crippen LogP contribution in [-0.2, 0) is 14.8 Å². The Bertz CT molecular complexity index is 824. The van der Waals surface area contributed by atoms with Gasteiger partial charge in [0, 0.05) is 18.7 Å². The van der Waals surface area contributed by atoms with Crippen LogP contribution in [-0.4, -0.2) is 50.6 Å². The topological polar surface area (TPSA) is 88.1 Å². The number of sulfonamides is 1. The smallest absolute Gasteiger partial charge is 0.271 e. The van der Waals surface area contributed by atoms with Crippen molar-refractivity contribution < 1.29 is 17.9 Å². The first-order valence-electron chi connectivity index (χ1n) is 8.19. The molecule has 0 saturated carbocycles. The molecular weight excluding hydrogens is 342 g/mol. The van der Waals surface area contributed by atoms with Gasteiger partial charge >= 0.3 is 0 Å². The number of morpholine rings is 1. The van der Waals surface area contributed by atoms with E-state index in [1.165, 1.54) is 22.0 Å². The Balaban J connectivity index is 1.75. The maximum absolute atomic E-state index is 12.7. The highest BCUT2D eigenvalue weighted by atomic mass is 32.2. The molecule has 0 spiro atoms. The number of nitrogens with one attached hydrogen (secondary N) is 1. The first-order chi connectivity index (χ1) is 12.0. The van der Waals surface area contributed by atoms with Crippen LogP contribution >= 0.6 is 0 Å². The molecule has 0 atom stereocenters. The normalized spacial score (nSPS) is 20.5. The molecule has 1 aliphatic carbocycles. The van der Waals surface area contributed by atoms with Crippen molar-refractivity contribution in [3.05, 3.63) is 41.5 Å². The van der Waals surface area contributed by atoms with Gasteiger partial charge in [-0.25, -0.2) is 13.8 Å². The SMILES string of the molecule is CC1=C/C(=N/NC(=O)c2cccc(S(=O)(=O)N3CCOCC3)c2)CC1. The van der Waals surface area contributed by atoms with Crippen LogP contribution in [0.25, 0.3) is 0 Å². The first-order valence-corrected chi connectivity index (χ1v) is 9.63. The summed E-state index contributed by atoms with van der Waals surface area (Å²) in [7, 11) is -3.63. The van der Waals surface area contributed by atoms with E-state index >= 15 is 0 Å². The summed E-state index contributed by atoms with van der Waals surface area (Å²) in [6, 6.07) is 6.02. The van der Waals surface area contributed by atoms with E-state index in [9.17, 15) is 13.2 Å². The van der Waals surface area contributed by atoms with Gasteiger partial charge in [-0.3, -0.25) is 4.79 Å². The molecule has 0 aromatic heterocycles. The fraction of sp³-hybridized carbons (Fsp3) is 0.412. The molecule has 7 nitrogen and oxygen atoms in total. The van der Waals surface area contributed by atoms with E-state index in [4.69, 9.17) is 4.74 Å². The molecule has 0 bridgehead atoms. The lowest BCUT2D eigenvalue weighted by atomic mass is 10.2. The van der Waals surface area contributed by atoms with E-state index in [2.05, 4.69) is 10.5 Å².